The van der Waals surface area contributed by atoms with Crippen LogP contribution in [-0.4, -0.2) is 24.6 Å². The van der Waals surface area contributed by atoms with E-state index in [0.717, 1.165) is 10.8 Å². The van der Waals surface area contributed by atoms with E-state index in [9.17, 15) is 13.0 Å². The molecule has 5 aromatic rings. The summed E-state index contributed by atoms with van der Waals surface area (Å²) in [5.41, 5.74) is 15.0. The van der Waals surface area contributed by atoms with Gasteiger partial charge in [-0.15, -0.1) is 5.11 Å². The van der Waals surface area contributed by atoms with Crippen molar-refractivity contribution in [1.29, 1.82) is 0 Å². The van der Waals surface area contributed by atoms with Crippen molar-refractivity contribution in [2.75, 3.05) is 18.1 Å². The fourth-order valence-electron chi connectivity index (χ4n) is 4.08. The number of hydrogen-bond acceptors (Lipinski definition) is 8. The maximum absolute atomic E-state index is 12.2. The molecule has 0 atom stereocenters. The van der Waals surface area contributed by atoms with Crippen LogP contribution in [0.5, 0.6) is 5.75 Å². The van der Waals surface area contributed by atoms with Gasteiger partial charge in [-0.1, -0.05) is 24.3 Å². The smallest absolute Gasteiger partial charge is 0.297 e. The molecule has 4 aromatic carbocycles. The normalized spacial score (nSPS) is 12.2. The quantitative estimate of drug-likeness (QED) is 0.123. The maximum atomic E-state index is 12.2. The first-order chi connectivity index (χ1) is 16.8. The molecule has 5 rings (SSSR count). The van der Waals surface area contributed by atoms with E-state index >= 15 is 0 Å². The van der Waals surface area contributed by atoms with E-state index in [1.807, 2.05) is 25.1 Å². The van der Waals surface area contributed by atoms with Crippen LogP contribution in [0.1, 0.15) is 6.92 Å². The van der Waals surface area contributed by atoms with E-state index < -0.39 is 10.1 Å². The first-order valence-corrected chi connectivity index (χ1v) is 12.2. The molecule has 0 saturated heterocycles. The third-order valence-electron chi connectivity index (χ3n) is 5.62. The highest BCUT2D eigenvalue weighted by Gasteiger charge is 2.21. The number of ether oxygens (including phenoxy) is 1. The van der Waals surface area contributed by atoms with Gasteiger partial charge in [0, 0.05) is 27.2 Å². The number of rotatable bonds is 5. The lowest BCUT2D eigenvalue weighted by Crippen LogP contribution is -2.01. The van der Waals surface area contributed by atoms with Crippen LogP contribution in [0.4, 0.5) is 22.7 Å². The Morgan fingerprint density at radius 3 is 2.40 bits per heavy atom. The average molecular weight is 488 g/mol. The second kappa shape index (κ2) is 8.49. The van der Waals surface area contributed by atoms with Crippen molar-refractivity contribution in [3.63, 3.8) is 0 Å². The topological polar surface area (TPSA) is 153 Å². The zero-order valence-electron chi connectivity index (χ0n) is 18.6. The summed E-state index contributed by atoms with van der Waals surface area (Å²) in [5, 5.41) is 10.6. The number of nitrogens with zero attached hydrogens (tertiary/aromatic N) is 3. The Morgan fingerprint density at radius 2 is 1.66 bits per heavy atom. The molecule has 1 heterocycles. The predicted octanol–water partition coefficient (Wildman–Crippen LogP) is 5.77. The van der Waals surface area contributed by atoms with Gasteiger partial charge in [-0.05, 0) is 49.4 Å². The van der Waals surface area contributed by atoms with Gasteiger partial charge in [-0.2, -0.15) is 13.5 Å². The fourth-order valence-corrected chi connectivity index (χ4v) is 4.90. The lowest BCUT2D eigenvalue weighted by molar-refractivity contribution is 0.340. The molecule has 0 radical (unpaired) electrons. The van der Waals surface area contributed by atoms with Gasteiger partial charge >= 0.3 is 0 Å². The van der Waals surface area contributed by atoms with E-state index in [2.05, 4.69) is 15.2 Å². The van der Waals surface area contributed by atoms with E-state index in [1.54, 1.807) is 42.5 Å². The highest BCUT2D eigenvalue weighted by molar-refractivity contribution is 7.86. The molecule has 0 amide bonds. The highest BCUT2D eigenvalue weighted by atomic mass is 32.2. The van der Waals surface area contributed by atoms with Crippen LogP contribution < -0.4 is 16.2 Å². The molecule has 176 valence electrons. The minimum absolute atomic E-state index is 0.0711. The molecule has 0 spiro atoms. The van der Waals surface area contributed by atoms with Gasteiger partial charge in [0.1, 0.15) is 16.3 Å². The minimum Gasteiger partial charge on any atom is -0.494 e. The number of anilines is 2. The average Bonchev–Trinajstić information content (AvgIpc) is 2.82. The summed E-state index contributed by atoms with van der Waals surface area (Å²) in [4.78, 5) is 4.32. The third-order valence-corrected chi connectivity index (χ3v) is 6.57. The molecule has 0 bridgehead atoms. The molecule has 10 heteroatoms. The predicted molar refractivity (Wildman–Crippen MR) is 137 cm³/mol. The largest absolute Gasteiger partial charge is 0.494 e. The summed E-state index contributed by atoms with van der Waals surface area (Å²) >= 11 is 0. The number of fused-ring (bicyclic) bond motifs is 3. The molecular formula is C25H21N5O4S. The Morgan fingerprint density at radius 1 is 0.886 bits per heavy atom. The number of pyridine rings is 1. The monoisotopic (exact) mass is 487 g/mol. The molecule has 1 aromatic heterocycles. The van der Waals surface area contributed by atoms with Crippen molar-refractivity contribution < 1.29 is 17.7 Å². The Labute approximate surface area is 200 Å². The summed E-state index contributed by atoms with van der Waals surface area (Å²) in [7, 11) is -4.60. The first kappa shape index (κ1) is 22.5. The van der Waals surface area contributed by atoms with Gasteiger partial charge in [0.05, 0.1) is 29.0 Å². The first-order valence-electron chi connectivity index (χ1n) is 10.7. The molecule has 0 aliphatic rings. The number of nitrogens with two attached hydrogens (primary N) is 2. The standard InChI is InChI=1S/C25H21N5O4S/c1-2-34-15-8-10-21-19(12-15)24(27)18-9-7-14(11-22(18)28-21)29-30-23-13-20(26)16-5-3-4-6-17(16)25(23)35(31,32)33/h3-13H,2,26H2,1H3,(H2,27,28)(H,31,32,33)/b30-29+. The lowest BCUT2D eigenvalue weighted by atomic mass is 10.1. The van der Waals surface area contributed by atoms with Crippen molar-refractivity contribution in [2.45, 2.75) is 11.8 Å². The summed E-state index contributed by atoms with van der Waals surface area (Å²) in [6, 6.07) is 18.7. The summed E-state index contributed by atoms with van der Waals surface area (Å²) in [6.45, 7) is 2.45. The van der Waals surface area contributed by atoms with Crippen LogP contribution in [0.15, 0.2) is 81.9 Å². The second-order valence-electron chi connectivity index (χ2n) is 7.87. The van der Waals surface area contributed by atoms with Crippen LogP contribution in [0.25, 0.3) is 32.6 Å². The van der Waals surface area contributed by atoms with Crippen molar-refractivity contribution in [3.8, 4) is 5.75 Å². The molecule has 35 heavy (non-hydrogen) atoms. The van der Waals surface area contributed by atoms with Crippen LogP contribution in [-0.2, 0) is 10.1 Å². The second-order valence-corrected chi connectivity index (χ2v) is 9.23. The van der Waals surface area contributed by atoms with Gasteiger partial charge < -0.3 is 16.2 Å². The SMILES string of the molecule is CCOc1ccc2nc3cc(/N=N/c4cc(N)c5ccccc5c4S(=O)(=O)O)ccc3c(N)c2c1. The molecule has 0 aliphatic carbocycles. The van der Waals surface area contributed by atoms with E-state index in [-0.39, 0.29) is 16.0 Å². The Hall–Kier alpha value is -4.28. The van der Waals surface area contributed by atoms with Gasteiger partial charge in [0.15, 0.2) is 0 Å². The summed E-state index contributed by atoms with van der Waals surface area (Å²) < 4.78 is 39.8. The highest BCUT2D eigenvalue weighted by Crippen LogP contribution is 2.38. The third kappa shape index (κ3) is 4.09. The summed E-state index contributed by atoms with van der Waals surface area (Å²) in [5.74, 6) is 0.711. The van der Waals surface area contributed by atoms with E-state index in [0.29, 0.717) is 45.8 Å². The molecule has 0 fully saturated rings. The lowest BCUT2D eigenvalue weighted by Gasteiger charge is -2.10. The van der Waals surface area contributed by atoms with Gasteiger partial charge in [-0.25, -0.2) is 4.98 Å². The van der Waals surface area contributed by atoms with Crippen molar-refractivity contribution in [1.82, 2.24) is 4.98 Å². The van der Waals surface area contributed by atoms with Crippen molar-refractivity contribution in [3.05, 3.63) is 66.7 Å². The number of benzene rings is 4. The Kier molecular flexibility index (Phi) is 5.46. The number of aromatic nitrogens is 1. The molecule has 9 nitrogen and oxygen atoms in total. The number of azo groups is 1. The maximum Gasteiger partial charge on any atom is 0.297 e. The van der Waals surface area contributed by atoms with Gasteiger partial charge in [0.2, 0.25) is 0 Å². The molecule has 5 N–H and O–H groups in total. The summed E-state index contributed by atoms with van der Waals surface area (Å²) in [6.07, 6.45) is 0. The van der Waals surface area contributed by atoms with Crippen molar-refractivity contribution >= 4 is 65.4 Å². The Bertz CT molecular complexity index is 1770. The number of nitrogen functional groups attached to an aromatic ring is 2. The zero-order chi connectivity index (χ0) is 24.7. The molecule has 0 aliphatic heterocycles. The van der Waals surface area contributed by atoms with Crippen LogP contribution in [0.2, 0.25) is 0 Å². The van der Waals surface area contributed by atoms with Crippen LogP contribution >= 0.6 is 0 Å². The molecule has 0 saturated carbocycles. The van der Waals surface area contributed by atoms with Crippen LogP contribution in [0, 0.1) is 0 Å². The van der Waals surface area contributed by atoms with Gasteiger partial charge in [-0.3, -0.25) is 4.55 Å². The van der Waals surface area contributed by atoms with Crippen molar-refractivity contribution in [2.24, 2.45) is 10.2 Å². The molecule has 0 unspecified atom stereocenters. The minimum atomic E-state index is -4.60. The van der Waals surface area contributed by atoms with E-state index in [4.69, 9.17) is 16.2 Å². The van der Waals surface area contributed by atoms with Gasteiger partial charge in [0.25, 0.3) is 10.1 Å². The number of hydrogen-bond donors (Lipinski definition) is 3. The molecular weight excluding hydrogens is 466 g/mol. The fraction of sp³-hybridized carbons (Fsp3) is 0.0800. The van der Waals surface area contributed by atoms with E-state index in [1.165, 1.54) is 6.07 Å². The Balaban J connectivity index is 1.62. The van der Waals surface area contributed by atoms with Crippen LogP contribution in [0.3, 0.4) is 0 Å². The zero-order valence-corrected chi connectivity index (χ0v) is 19.5.